The monoisotopic (exact) mass is 695 g/mol. The Hall–Kier alpha value is -2.99. The van der Waals surface area contributed by atoms with Crippen LogP contribution in [-0.4, -0.2) is 112 Å². The van der Waals surface area contributed by atoms with Crippen LogP contribution in [0.15, 0.2) is 52.4 Å². The van der Waals surface area contributed by atoms with Crippen molar-refractivity contribution >= 4 is 26.4 Å². The van der Waals surface area contributed by atoms with E-state index >= 15 is 4.39 Å². The van der Waals surface area contributed by atoms with Crippen LogP contribution in [0.3, 0.4) is 0 Å². The number of hydrogen-bond acceptors (Lipinski definition) is 9. The van der Waals surface area contributed by atoms with Crippen LogP contribution in [0.2, 0.25) is 0 Å². The highest BCUT2D eigenvalue weighted by Gasteiger charge is 2.34. The van der Waals surface area contributed by atoms with Gasteiger partial charge in [-0.2, -0.15) is 0 Å². The van der Waals surface area contributed by atoms with Gasteiger partial charge in [0.15, 0.2) is 11.6 Å². The van der Waals surface area contributed by atoms with Crippen molar-refractivity contribution in [2.75, 3.05) is 70.9 Å². The Kier molecular flexibility index (Phi) is 11.3. The molecule has 3 fully saturated rings. The number of likely N-dealkylation sites (tertiary alicyclic amines) is 1. The lowest BCUT2D eigenvalue weighted by Crippen LogP contribution is -2.56. The molecule has 1 unspecified atom stereocenters. The van der Waals surface area contributed by atoms with Crippen LogP contribution in [0.4, 0.5) is 10.1 Å². The maximum absolute atomic E-state index is 15.3. The van der Waals surface area contributed by atoms with Gasteiger partial charge in [-0.25, -0.2) is 12.8 Å². The third-order valence-corrected chi connectivity index (χ3v) is 12.6. The number of fused-ring (bicyclic) bond motifs is 1. The molecule has 0 saturated carbocycles. The molecule has 4 heterocycles. The van der Waals surface area contributed by atoms with E-state index in [2.05, 4.69) is 45.4 Å². The number of rotatable bonds is 11. The number of anilines is 1. The Morgan fingerprint density at radius 3 is 2.08 bits per heavy atom. The van der Waals surface area contributed by atoms with E-state index in [1.807, 2.05) is 25.1 Å². The van der Waals surface area contributed by atoms with E-state index in [0.29, 0.717) is 53.4 Å². The lowest BCUT2D eigenvalue weighted by atomic mass is 9.99. The molecule has 0 amide bonds. The van der Waals surface area contributed by atoms with Gasteiger partial charge in [0.05, 0.1) is 29.3 Å². The zero-order valence-corrected chi connectivity index (χ0v) is 30.7. The van der Waals surface area contributed by atoms with Crippen molar-refractivity contribution in [3.8, 4) is 11.5 Å². The van der Waals surface area contributed by atoms with Crippen LogP contribution in [0, 0.1) is 11.7 Å². The van der Waals surface area contributed by atoms with E-state index in [4.69, 9.17) is 9.47 Å². The zero-order chi connectivity index (χ0) is 34.7. The van der Waals surface area contributed by atoms with Crippen molar-refractivity contribution in [3.05, 3.63) is 48.4 Å². The summed E-state index contributed by atoms with van der Waals surface area (Å²) in [6.45, 7) is 17.7. The Bertz CT molecular complexity index is 1680. The van der Waals surface area contributed by atoms with Crippen LogP contribution in [0.5, 0.6) is 11.5 Å². The number of sulfone groups is 1. The summed E-state index contributed by atoms with van der Waals surface area (Å²) in [5.74, 6) is 0.380. The molecule has 6 rings (SSSR count). The lowest BCUT2D eigenvalue weighted by molar-refractivity contribution is 0.0384. The fraction of sp³-hybridized carbons (Fsp3) is 0.605. The molecule has 0 radical (unpaired) electrons. The molecule has 0 aliphatic carbocycles. The van der Waals surface area contributed by atoms with E-state index in [1.165, 1.54) is 44.3 Å². The summed E-state index contributed by atoms with van der Waals surface area (Å²) in [7, 11) is -2.53. The number of aromatic nitrogens is 1. The van der Waals surface area contributed by atoms with E-state index in [9.17, 15) is 8.42 Å². The van der Waals surface area contributed by atoms with Crippen molar-refractivity contribution in [1.82, 2.24) is 19.7 Å². The van der Waals surface area contributed by atoms with Crippen molar-refractivity contribution in [2.45, 2.75) is 87.8 Å². The highest BCUT2D eigenvalue weighted by atomic mass is 32.2. The van der Waals surface area contributed by atoms with Gasteiger partial charge in [-0.15, -0.1) is 0 Å². The molecular formula is C38H54FN5O4S. The average Bonchev–Trinajstić information content (AvgIpc) is 3.11. The summed E-state index contributed by atoms with van der Waals surface area (Å²) in [5, 5.41) is 0.713. The van der Waals surface area contributed by atoms with Crippen LogP contribution < -0.4 is 14.4 Å². The summed E-state index contributed by atoms with van der Waals surface area (Å²) in [4.78, 5) is 14.6. The topological polar surface area (TPSA) is 78.5 Å². The standard InChI is InChI=1S/C38H54FN5O4S/c1-6-41-15-11-29(12-16-41)42-19-21-43(22-20-42)30-13-17-44(18-14-30)38-33-24-31(47-5)7-9-35(33)40-26-37(38)49(45,46)32-8-10-36(34(39)25-32)48-28(4)23-27(2)3/h7-10,24-30H,6,11-23H2,1-5H3. The summed E-state index contributed by atoms with van der Waals surface area (Å²) in [6.07, 6.45) is 6.42. The number of ether oxygens (including phenoxy) is 2. The van der Waals surface area contributed by atoms with E-state index in [0.717, 1.165) is 58.1 Å². The predicted octanol–water partition coefficient (Wildman–Crippen LogP) is 6.10. The molecule has 9 nitrogen and oxygen atoms in total. The SMILES string of the molecule is CCN1CCC(N2CCN(C3CCN(c4c(S(=O)(=O)c5ccc(OC(C)CC(C)C)c(F)c5)cnc5ccc(OC)cc45)CC3)CC2)CC1. The van der Waals surface area contributed by atoms with Crippen molar-refractivity contribution in [2.24, 2.45) is 5.92 Å². The fourth-order valence-electron chi connectivity index (χ4n) is 8.11. The molecule has 3 aromatic rings. The summed E-state index contributed by atoms with van der Waals surface area (Å²) in [6, 6.07) is 10.7. The van der Waals surface area contributed by atoms with Crippen LogP contribution >= 0.6 is 0 Å². The number of halogens is 1. The molecule has 11 heteroatoms. The summed E-state index contributed by atoms with van der Waals surface area (Å²) < 4.78 is 55.3. The Morgan fingerprint density at radius 1 is 0.878 bits per heavy atom. The quantitative estimate of drug-likeness (QED) is 0.237. The average molecular weight is 696 g/mol. The second-order valence-corrected chi connectivity index (χ2v) is 16.4. The predicted molar refractivity (Wildman–Crippen MR) is 193 cm³/mol. The molecule has 268 valence electrons. The van der Waals surface area contributed by atoms with Crippen molar-refractivity contribution < 1.29 is 22.3 Å². The first kappa shape index (κ1) is 35.8. The number of methoxy groups -OCH3 is 1. The van der Waals surface area contributed by atoms with Gasteiger partial charge >= 0.3 is 0 Å². The fourth-order valence-corrected chi connectivity index (χ4v) is 9.56. The molecular weight excluding hydrogens is 642 g/mol. The van der Waals surface area contributed by atoms with Gasteiger partial charge in [-0.3, -0.25) is 14.8 Å². The number of hydrogen-bond donors (Lipinski definition) is 0. The van der Waals surface area contributed by atoms with Gasteiger partial charge in [-0.05, 0) is 101 Å². The van der Waals surface area contributed by atoms with Gasteiger partial charge in [-0.1, -0.05) is 20.8 Å². The van der Waals surface area contributed by atoms with Crippen molar-refractivity contribution in [1.29, 1.82) is 0 Å². The highest BCUT2D eigenvalue weighted by molar-refractivity contribution is 7.91. The van der Waals surface area contributed by atoms with Crippen LogP contribution in [-0.2, 0) is 9.84 Å². The maximum Gasteiger partial charge on any atom is 0.210 e. The molecule has 1 atom stereocenters. The summed E-state index contributed by atoms with van der Waals surface area (Å²) in [5.41, 5.74) is 1.30. The first-order chi connectivity index (χ1) is 23.6. The maximum atomic E-state index is 15.3. The number of piperazine rings is 1. The van der Waals surface area contributed by atoms with Gasteiger partial charge < -0.3 is 19.3 Å². The molecule has 3 aliphatic rings. The van der Waals surface area contributed by atoms with Crippen LogP contribution in [0.25, 0.3) is 10.9 Å². The molecule has 49 heavy (non-hydrogen) atoms. The Labute approximate surface area is 292 Å². The smallest absolute Gasteiger partial charge is 0.210 e. The largest absolute Gasteiger partial charge is 0.497 e. The number of pyridine rings is 1. The number of benzene rings is 2. The van der Waals surface area contributed by atoms with E-state index in [1.54, 1.807) is 7.11 Å². The van der Waals surface area contributed by atoms with Gasteiger partial charge in [0.2, 0.25) is 9.84 Å². The number of nitrogens with zero attached hydrogens (tertiary/aromatic N) is 5. The first-order valence-electron chi connectivity index (χ1n) is 18.2. The highest BCUT2D eigenvalue weighted by Crippen LogP contribution is 2.39. The molecule has 0 spiro atoms. The minimum atomic E-state index is -4.13. The normalized spacial score (nSPS) is 20.3. The van der Waals surface area contributed by atoms with Gasteiger partial charge in [0.25, 0.3) is 0 Å². The lowest BCUT2D eigenvalue weighted by Gasteiger charge is -2.46. The molecule has 2 aromatic carbocycles. The molecule has 3 aliphatic heterocycles. The molecule has 0 bridgehead atoms. The second-order valence-electron chi connectivity index (χ2n) is 14.5. The van der Waals surface area contributed by atoms with Crippen molar-refractivity contribution in [3.63, 3.8) is 0 Å². The van der Waals surface area contributed by atoms with Gasteiger partial charge in [0, 0.05) is 62.9 Å². The van der Waals surface area contributed by atoms with E-state index < -0.39 is 15.7 Å². The minimum absolute atomic E-state index is 0.0541. The third kappa shape index (κ3) is 8.00. The molecule has 1 aromatic heterocycles. The van der Waals surface area contributed by atoms with Gasteiger partial charge in [0.1, 0.15) is 10.6 Å². The van der Waals surface area contributed by atoms with Crippen LogP contribution in [0.1, 0.15) is 59.8 Å². The zero-order valence-electron chi connectivity index (χ0n) is 29.9. The number of piperidine rings is 2. The minimum Gasteiger partial charge on any atom is -0.497 e. The molecule has 3 saturated heterocycles. The van der Waals surface area contributed by atoms with E-state index in [-0.39, 0.29) is 21.6 Å². The third-order valence-electron chi connectivity index (χ3n) is 10.8. The Balaban J connectivity index is 1.20. The first-order valence-corrected chi connectivity index (χ1v) is 19.7. The molecule has 0 N–H and O–H groups in total. The Morgan fingerprint density at radius 2 is 1.51 bits per heavy atom. The second kappa shape index (κ2) is 15.5. The summed E-state index contributed by atoms with van der Waals surface area (Å²) >= 11 is 0.